The summed E-state index contributed by atoms with van der Waals surface area (Å²) in [6.07, 6.45) is 4.01. The first kappa shape index (κ1) is 12.4. The summed E-state index contributed by atoms with van der Waals surface area (Å²) < 4.78 is 0. The van der Waals surface area contributed by atoms with Gasteiger partial charge in [0.2, 0.25) is 5.91 Å². The lowest BCUT2D eigenvalue weighted by molar-refractivity contribution is -0.119. The van der Waals surface area contributed by atoms with Gasteiger partial charge in [-0.2, -0.15) is 0 Å². The molecule has 0 aliphatic heterocycles. The molecule has 0 aromatic heterocycles. The molecular weight excluding hydrogens is 232 g/mol. The van der Waals surface area contributed by atoms with E-state index >= 15 is 0 Å². The van der Waals surface area contributed by atoms with E-state index in [-0.39, 0.29) is 23.1 Å². The SMILES string of the molecule is Nc1cc(C(=O)O)ccc1NC(=O)C1CCCC1. The van der Waals surface area contributed by atoms with E-state index in [9.17, 15) is 9.59 Å². The van der Waals surface area contributed by atoms with Crippen LogP contribution in [-0.4, -0.2) is 17.0 Å². The molecule has 1 aliphatic carbocycles. The van der Waals surface area contributed by atoms with Crippen molar-refractivity contribution < 1.29 is 14.7 Å². The Labute approximate surface area is 105 Å². The summed E-state index contributed by atoms with van der Waals surface area (Å²) in [5, 5.41) is 11.6. The number of carbonyl (C=O) groups is 2. The zero-order valence-electron chi connectivity index (χ0n) is 9.98. The quantitative estimate of drug-likeness (QED) is 0.714. The van der Waals surface area contributed by atoms with Crippen LogP contribution in [0.25, 0.3) is 0 Å². The highest BCUT2D eigenvalue weighted by Crippen LogP contribution is 2.27. The van der Waals surface area contributed by atoms with E-state index in [1.165, 1.54) is 18.2 Å². The molecule has 1 fully saturated rings. The molecule has 96 valence electrons. The fraction of sp³-hybridized carbons (Fsp3) is 0.385. The highest BCUT2D eigenvalue weighted by atomic mass is 16.4. The van der Waals surface area contributed by atoms with Crippen LogP contribution >= 0.6 is 0 Å². The Bertz CT molecular complexity index is 479. The van der Waals surface area contributed by atoms with Crippen LogP contribution in [0.1, 0.15) is 36.0 Å². The molecule has 0 unspecified atom stereocenters. The van der Waals surface area contributed by atoms with E-state index in [0.717, 1.165) is 25.7 Å². The molecule has 0 heterocycles. The first-order valence-electron chi connectivity index (χ1n) is 6.01. The van der Waals surface area contributed by atoms with Crippen molar-refractivity contribution in [2.24, 2.45) is 5.92 Å². The summed E-state index contributed by atoms with van der Waals surface area (Å²) in [7, 11) is 0. The van der Waals surface area contributed by atoms with Crippen molar-refractivity contribution in [3.8, 4) is 0 Å². The number of carbonyl (C=O) groups excluding carboxylic acids is 1. The summed E-state index contributed by atoms with van der Waals surface area (Å²) in [6, 6.07) is 4.32. The molecule has 1 aromatic carbocycles. The summed E-state index contributed by atoms with van der Waals surface area (Å²) in [6.45, 7) is 0. The number of nitrogens with two attached hydrogens (primary N) is 1. The molecule has 0 bridgehead atoms. The number of nitrogens with one attached hydrogen (secondary N) is 1. The Morgan fingerprint density at radius 3 is 2.50 bits per heavy atom. The monoisotopic (exact) mass is 248 g/mol. The number of carboxylic acid groups (broad SMARTS) is 1. The summed E-state index contributed by atoms with van der Waals surface area (Å²) >= 11 is 0. The molecule has 4 N–H and O–H groups in total. The lowest BCUT2D eigenvalue weighted by Crippen LogP contribution is -2.21. The molecule has 1 amide bonds. The second-order valence-electron chi connectivity index (χ2n) is 4.58. The number of anilines is 2. The zero-order valence-corrected chi connectivity index (χ0v) is 9.98. The van der Waals surface area contributed by atoms with Crippen molar-refractivity contribution >= 4 is 23.3 Å². The van der Waals surface area contributed by atoms with Gasteiger partial charge < -0.3 is 16.2 Å². The van der Waals surface area contributed by atoms with Gasteiger partial charge in [0.1, 0.15) is 0 Å². The van der Waals surface area contributed by atoms with Gasteiger partial charge in [-0.15, -0.1) is 0 Å². The molecular formula is C13H16N2O3. The Morgan fingerprint density at radius 1 is 1.28 bits per heavy atom. The number of rotatable bonds is 3. The number of nitrogen functional groups attached to an aromatic ring is 1. The van der Waals surface area contributed by atoms with Gasteiger partial charge in [-0.1, -0.05) is 12.8 Å². The minimum absolute atomic E-state index is 0.0257. The summed E-state index contributed by atoms with van der Waals surface area (Å²) in [5.41, 5.74) is 6.61. The van der Waals surface area contributed by atoms with E-state index in [1.54, 1.807) is 0 Å². The number of hydrogen-bond acceptors (Lipinski definition) is 3. The highest BCUT2D eigenvalue weighted by Gasteiger charge is 2.23. The lowest BCUT2D eigenvalue weighted by atomic mass is 10.1. The molecule has 0 saturated heterocycles. The van der Waals surface area contributed by atoms with E-state index in [2.05, 4.69) is 5.32 Å². The van der Waals surface area contributed by atoms with Gasteiger partial charge in [0.05, 0.1) is 16.9 Å². The smallest absolute Gasteiger partial charge is 0.335 e. The lowest BCUT2D eigenvalue weighted by Gasteiger charge is -2.12. The fourth-order valence-corrected chi connectivity index (χ4v) is 2.23. The Balaban J connectivity index is 2.09. The minimum atomic E-state index is -1.03. The van der Waals surface area contributed by atoms with Crippen LogP contribution in [0, 0.1) is 5.92 Å². The van der Waals surface area contributed by atoms with Crippen LogP contribution in [0.5, 0.6) is 0 Å². The van der Waals surface area contributed by atoms with Gasteiger partial charge in [-0.05, 0) is 31.0 Å². The molecule has 2 rings (SSSR count). The standard InChI is InChI=1S/C13H16N2O3/c14-10-7-9(13(17)18)5-6-11(10)15-12(16)8-3-1-2-4-8/h5-8H,1-4,14H2,(H,15,16)(H,17,18). The summed E-state index contributed by atoms with van der Waals surface area (Å²) in [4.78, 5) is 22.7. The molecule has 5 nitrogen and oxygen atoms in total. The van der Waals surface area contributed by atoms with Gasteiger partial charge in [0.25, 0.3) is 0 Å². The zero-order chi connectivity index (χ0) is 13.1. The maximum absolute atomic E-state index is 11.9. The van der Waals surface area contributed by atoms with Gasteiger partial charge in [-0.25, -0.2) is 4.79 Å². The predicted octanol–water partition coefficient (Wildman–Crippen LogP) is 2.10. The normalized spacial score (nSPS) is 15.6. The number of amides is 1. The second kappa shape index (κ2) is 5.08. The number of benzene rings is 1. The molecule has 0 atom stereocenters. The predicted molar refractivity (Wildman–Crippen MR) is 68.4 cm³/mol. The van der Waals surface area contributed by atoms with Crippen LogP contribution in [0.2, 0.25) is 0 Å². The molecule has 0 spiro atoms. The number of hydrogen-bond donors (Lipinski definition) is 3. The average Bonchev–Trinajstić information content (AvgIpc) is 2.85. The van der Waals surface area contributed by atoms with Crippen LogP contribution in [0.3, 0.4) is 0 Å². The van der Waals surface area contributed by atoms with Gasteiger partial charge >= 0.3 is 5.97 Å². The molecule has 1 aromatic rings. The average molecular weight is 248 g/mol. The van der Waals surface area contributed by atoms with Crippen molar-refractivity contribution in [3.63, 3.8) is 0 Å². The highest BCUT2D eigenvalue weighted by molar-refractivity contribution is 5.97. The molecule has 18 heavy (non-hydrogen) atoms. The largest absolute Gasteiger partial charge is 0.478 e. The first-order chi connectivity index (χ1) is 8.58. The van der Waals surface area contributed by atoms with Crippen LogP contribution in [0.15, 0.2) is 18.2 Å². The first-order valence-corrected chi connectivity index (χ1v) is 6.01. The van der Waals surface area contributed by atoms with E-state index in [4.69, 9.17) is 10.8 Å². The Morgan fingerprint density at radius 2 is 1.94 bits per heavy atom. The molecule has 1 aliphatic rings. The summed E-state index contributed by atoms with van der Waals surface area (Å²) in [5.74, 6) is -0.999. The maximum Gasteiger partial charge on any atom is 0.335 e. The molecule has 5 heteroatoms. The van der Waals surface area contributed by atoms with Crippen molar-refractivity contribution in [1.82, 2.24) is 0 Å². The molecule has 0 radical (unpaired) electrons. The van der Waals surface area contributed by atoms with Gasteiger partial charge in [0, 0.05) is 5.92 Å². The van der Waals surface area contributed by atoms with Crippen LogP contribution in [0.4, 0.5) is 11.4 Å². The fourth-order valence-electron chi connectivity index (χ4n) is 2.23. The van der Waals surface area contributed by atoms with E-state index in [1.807, 2.05) is 0 Å². The van der Waals surface area contributed by atoms with Gasteiger partial charge in [0.15, 0.2) is 0 Å². The third-order valence-electron chi connectivity index (χ3n) is 3.28. The van der Waals surface area contributed by atoms with Crippen molar-refractivity contribution in [1.29, 1.82) is 0 Å². The van der Waals surface area contributed by atoms with E-state index < -0.39 is 5.97 Å². The van der Waals surface area contributed by atoms with Crippen molar-refractivity contribution in [2.75, 3.05) is 11.1 Å². The third-order valence-corrected chi connectivity index (χ3v) is 3.28. The third kappa shape index (κ3) is 2.61. The maximum atomic E-state index is 11.9. The molecule has 1 saturated carbocycles. The van der Waals surface area contributed by atoms with E-state index in [0.29, 0.717) is 5.69 Å². The van der Waals surface area contributed by atoms with Gasteiger partial charge in [-0.3, -0.25) is 4.79 Å². The minimum Gasteiger partial charge on any atom is -0.478 e. The second-order valence-corrected chi connectivity index (χ2v) is 4.58. The van der Waals surface area contributed by atoms with Crippen LogP contribution < -0.4 is 11.1 Å². The topological polar surface area (TPSA) is 92.4 Å². The number of carboxylic acids is 1. The Kier molecular flexibility index (Phi) is 3.50. The van der Waals surface area contributed by atoms with Crippen molar-refractivity contribution in [3.05, 3.63) is 23.8 Å². The van der Waals surface area contributed by atoms with Crippen LogP contribution in [-0.2, 0) is 4.79 Å². The Hall–Kier alpha value is -2.04. The van der Waals surface area contributed by atoms with Crippen molar-refractivity contribution in [2.45, 2.75) is 25.7 Å². The number of aromatic carboxylic acids is 1.